The highest BCUT2D eigenvalue weighted by atomic mass is 16.5. The summed E-state index contributed by atoms with van der Waals surface area (Å²) in [7, 11) is 2.40. The third-order valence-corrected chi connectivity index (χ3v) is 1.75. The molecule has 0 aromatic heterocycles. The Kier molecular flexibility index (Phi) is 2.46. The van der Waals surface area contributed by atoms with Crippen molar-refractivity contribution in [2.24, 2.45) is 10.4 Å². The second kappa shape index (κ2) is 3.38. The minimum atomic E-state index is -1.48. The maximum absolute atomic E-state index is 11.3. The topological polar surface area (TPSA) is 65.0 Å². The molecule has 0 amide bonds. The van der Waals surface area contributed by atoms with E-state index in [0.29, 0.717) is 0 Å². The van der Waals surface area contributed by atoms with Gasteiger partial charge in [-0.1, -0.05) is 0 Å². The molecule has 70 valence electrons. The van der Waals surface area contributed by atoms with Crippen molar-refractivity contribution in [3.05, 3.63) is 12.3 Å². The Morgan fingerprint density at radius 3 is 2.08 bits per heavy atom. The third kappa shape index (κ3) is 1.32. The molecule has 1 aliphatic heterocycles. The van der Waals surface area contributed by atoms with Gasteiger partial charge in [0, 0.05) is 12.4 Å². The monoisotopic (exact) mass is 183 g/mol. The summed E-state index contributed by atoms with van der Waals surface area (Å²) >= 11 is 0. The fourth-order valence-corrected chi connectivity index (χ4v) is 1.03. The number of ether oxygens (including phenoxy) is 2. The molecule has 0 bridgehead atoms. The predicted octanol–water partition coefficient (Wildman–Crippen LogP) is -0.0831. The Labute approximate surface area is 75.0 Å². The highest BCUT2D eigenvalue weighted by molar-refractivity contribution is 6.17. The molecule has 13 heavy (non-hydrogen) atoms. The van der Waals surface area contributed by atoms with Crippen molar-refractivity contribution < 1.29 is 19.1 Å². The van der Waals surface area contributed by atoms with Gasteiger partial charge in [-0.25, -0.2) is 0 Å². The molecule has 0 atom stereocenters. The van der Waals surface area contributed by atoms with Crippen LogP contribution in [0.5, 0.6) is 0 Å². The lowest BCUT2D eigenvalue weighted by atomic mass is 9.91. The van der Waals surface area contributed by atoms with Crippen molar-refractivity contribution in [1.82, 2.24) is 0 Å². The molecule has 5 heteroatoms. The number of esters is 2. The first-order chi connectivity index (χ1) is 6.17. The smallest absolute Gasteiger partial charge is 0.332 e. The van der Waals surface area contributed by atoms with Crippen LogP contribution in [0.2, 0.25) is 0 Å². The van der Waals surface area contributed by atoms with Crippen LogP contribution in [0.3, 0.4) is 0 Å². The van der Waals surface area contributed by atoms with E-state index in [0.717, 1.165) is 0 Å². The van der Waals surface area contributed by atoms with Crippen LogP contribution in [0.1, 0.15) is 0 Å². The first kappa shape index (κ1) is 9.44. The normalized spacial score (nSPS) is 17.1. The number of nitrogens with zero attached hydrogens (tertiary/aromatic N) is 1. The number of methoxy groups -OCH3 is 2. The van der Waals surface area contributed by atoms with Crippen LogP contribution in [0.4, 0.5) is 0 Å². The van der Waals surface area contributed by atoms with Gasteiger partial charge in [0.25, 0.3) is 0 Å². The van der Waals surface area contributed by atoms with Crippen molar-refractivity contribution in [1.29, 1.82) is 0 Å². The van der Waals surface area contributed by atoms with E-state index in [-0.39, 0.29) is 0 Å². The van der Waals surface area contributed by atoms with E-state index < -0.39 is 17.4 Å². The van der Waals surface area contributed by atoms with Gasteiger partial charge in [0.15, 0.2) is 0 Å². The lowest BCUT2D eigenvalue weighted by molar-refractivity contribution is -0.159. The standard InChI is InChI=1S/C8H9NO4/c1-12-6(10)8(7(11)13-2)3-4-9-5-8/h3-5H,1-2H3. The second-order valence-electron chi connectivity index (χ2n) is 2.45. The average molecular weight is 183 g/mol. The Bertz CT molecular complexity index is 263. The van der Waals surface area contributed by atoms with Crippen LogP contribution in [-0.4, -0.2) is 32.4 Å². The summed E-state index contributed by atoms with van der Waals surface area (Å²) in [6.07, 6.45) is 3.89. The van der Waals surface area contributed by atoms with Gasteiger partial charge in [-0.15, -0.1) is 0 Å². The molecule has 0 aromatic rings. The SMILES string of the molecule is COC(=O)C1(C(=O)OC)C=CN=C1. The molecule has 0 aliphatic carbocycles. The molecule has 1 heterocycles. The Balaban J connectivity index is 3.02. The van der Waals surface area contributed by atoms with Crippen LogP contribution in [0, 0.1) is 5.41 Å². The van der Waals surface area contributed by atoms with E-state index >= 15 is 0 Å². The Morgan fingerprint density at radius 2 is 1.77 bits per heavy atom. The molecule has 0 radical (unpaired) electrons. The molecule has 0 N–H and O–H groups in total. The van der Waals surface area contributed by atoms with Gasteiger partial charge >= 0.3 is 11.9 Å². The van der Waals surface area contributed by atoms with Gasteiger partial charge in [0.05, 0.1) is 14.2 Å². The average Bonchev–Trinajstić information content (AvgIpc) is 2.65. The minimum absolute atomic E-state index is 0.697. The molecule has 0 aromatic carbocycles. The molecule has 0 fully saturated rings. The van der Waals surface area contributed by atoms with E-state index in [2.05, 4.69) is 14.5 Å². The van der Waals surface area contributed by atoms with Crippen molar-refractivity contribution in [3.8, 4) is 0 Å². The first-order valence-corrected chi connectivity index (χ1v) is 3.56. The van der Waals surface area contributed by atoms with Gasteiger partial charge in [0.2, 0.25) is 5.41 Å². The van der Waals surface area contributed by atoms with E-state index in [4.69, 9.17) is 0 Å². The fourth-order valence-electron chi connectivity index (χ4n) is 1.03. The summed E-state index contributed by atoms with van der Waals surface area (Å²) < 4.78 is 8.96. The molecule has 5 nitrogen and oxygen atoms in total. The summed E-state index contributed by atoms with van der Waals surface area (Å²) in [5.74, 6) is -1.39. The molecular weight excluding hydrogens is 174 g/mol. The lowest BCUT2D eigenvalue weighted by Crippen LogP contribution is -2.39. The molecule has 1 rings (SSSR count). The van der Waals surface area contributed by atoms with Gasteiger partial charge < -0.3 is 9.47 Å². The Hall–Kier alpha value is -1.65. The number of rotatable bonds is 2. The third-order valence-electron chi connectivity index (χ3n) is 1.75. The van der Waals surface area contributed by atoms with Crippen LogP contribution in [-0.2, 0) is 19.1 Å². The Morgan fingerprint density at radius 1 is 1.23 bits per heavy atom. The number of aliphatic imine (C=N–C) groups is 1. The van der Waals surface area contributed by atoms with Crippen molar-refractivity contribution in [3.63, 3.8) is 0 Å². The van der Waals surface area contributed by atoms with Crippen LogP contribution in [0.25, 0.3) is 0 Å². The minimum Gasteiger partial charge on any atom is -0.468 e. The maximum Gasteiger partial charge on any atom is 0.332 e. The van der Waals surface area contributed by atoms with Gasteiger partial charge in [0.1, 0.15) is 0 Å². The zero-order chi connectivity index (χ0) is 9.90. The molecule has 0 spiro atoms. The summed E-state index contributed by atoms with van der Waals surface area (Å²) in [4.78, 5) is 26.2. The van der Waals surface area contributed by atoms with E-state index in [1.165, 1.54) is 32.7 Å². The molecule has 0 saturated heterocycles. The second-order valence-corrected chi connectivity index (χ2v) is 2.45. The first-order valence-electron chi connectivity index (χ1n) is 3.56. The van der Waals surface area contributed by atoms with Crippen molar-refractivity contribution >= 4 is 18.2 Å². The van der Waals surface area contributed by atoms with Crippen molar-refractivity contribution in [2.45, 2.75) is 0 Å². The summed E-state index contributed by atoms with van der Waals surface area (Å²) in [5.41, 5.74) is -1.48. The van der Waals surface area contributed by atoms with E-state index in [1.54, 1.807) is 0 Å². The largest absolute Gasteiger partial charge is 0.468 e. The molecule has 0 unspecified atom stereocenters. The predicted molar refractivity (Wildman–Crippen MR) is 44.1 cm³/mol. The molecule has 0 saturated carbocycles. The van der Waals surface area contributed by atoms with Crippen LogP contribution in [0.15, 0.2) is 17.3 Å². The highest BCUT2D eigenvalue weighted by Gasteiger charge is 2.46. The van der Waals surface area contributed by atoms with E-state index in [1.807, 2.05) is 0 Å². The van der Waals surface area contributed by atoms with Gasteiger partial charge in [-0.2, -0.15) is 0 Å². The maximum atomic E-state index is 11.3. The highest BCUT2D eigenvalue weighted by Crippen LogP contribution is 2.24. The molecular formula is C8H9NO4. The zero-order valence-electron chi connectivity index (χ0n) is 7.31. The van der Waals surface area contributed by atoms with Crippen molar-refractivity contribution in [2.75, 3.05) is 14.2 Å². The number of carbonyl (C=O) groups excluding carboxylic acids is 2. The number of hydrogen-bond acceptors (Lipinski definition) is 5. The van der Waals surface area contributed by atoms with Gasteiger partial charge in [-0.05, 0) is 6.08 Å². The van der Waals surface area contributed by atoms with Crippen LogP contribution < -0.4 is 0 Å². The fraction of sp³-hybridized carbons (Fsp3) is 0.375. The zero-order valence-corrected chi connectivity index (χ0v) is 7.31. The number of hydrogen-bond donors (Lipinski definition) is 0. The van der Waals surface area contributed by atoms with Gasteiger partial charge in [-0.3, -0.25) is 14.6 Å². The number of carbonyl (C=O) groups is 2. The quantitative estimate of drug-likeness (QED) is 0.443. The van der Waals surface area contributed by atoms with Crippen LogP contribution >= 0.6 is 0 Å². The summed E-state index contributed by atoms with van der Waals surface area (Å²) in [6, 6.07) is 0. The lowest BCUT2D eigenvalue weighted by Gasteiger charge is -2.17. The summed E-state index contributed by atoms with van der Waals surface area (Å²) in [6.45, 7) is 0. The summed E-state index contributed by atoms with van der Waals surface area (Å²) in [5, 5.41) is 0. The molecule has 1 aliphatic rings. The van der Waals surface area contributed by atoms with E-state index in [9.17, 15) is 9.59 Å².